The highest BCUT2D eigenvalue weighted by Crippen LogP contribution is 2.27. The van der Waals surface area contributed by atoms with E-state index >= 15 is 0 Å². The Balaban J connectivity index is 2.16. The summed E-state index contributed by atoms with van der Waals surface area (Å²) in [4.78, 5) is 0. The van der Waals surface area contributed by atoms with Crippen molar-refractivity contribution in [1.29, 1.82) is 0 Å². The molecule has 1 saturated heterocycles. The Morgan fingerprint density at radius 1 is 1.17 bits per heavy atom. The fourth-order valence-corrected chi connectivity index (χ4v) is 3.21. The largest absolute Gasteiger partial charge is 0.381 e. The molecule has 108 valence electrons. The van der Waals surface area contributed by atoms with E-state index in [1.54, 1.807) is 0 Å². The van der Waals surface area contributed by atoms with Gasteiger partial charge in [-0.05, 0) is 31.7 Å². The van der Waals surface area contributed by atoms with Gasteiger partial charge in [0.25, 0.3) is 0 Å². The van der Waals surface area contributed by atoms with Crippen molar-refractivity contribution in [2.45, 2.75) is 71.3 Å². The fourth-order valence-electron chi connectivity index (χ4n) is 3.21. The third-order valence-electron chi connectivity index (χ3n) is 4.46. The molecule has 1 fully saturated rings. The first-order valence-electron chi connectivity index (χ1n) is 8.04. The molecule has 0 spiro atoms. The van der Waals surface area contributed by atoms with E-state index in [1.807, 2.05) is 0 Å². The minimum Gasteiger partial charge on any atom is -0.381 e. The van der Waals surface area contributed by atoms with Crippen LogP contribution in [-0.2, 0) is 4.74 Å². The van der Waals surface area contributed by atoms with Crippen LogP contribution in [0.3, 0.4) is 0 Å². The first-order valence-corrected chi connectivity index (χ1v) is 8.04. The number of hydrogen-bond donors (Lipinski definition) is 1. The van der Waals surface area contributed by atoms with Crippen LogP contribution in [0.5, 0.6) is 0 Å². The lowest BCUT2D eigenvalue weighted by Gasteiger charge is -2.35. The van der Waals surface area contributed by atoms with Crippen molar-refractivity contribution in [3.63, 3.8) is 0 Å². The molecule has 3 unspecified atom stereocenters. The minimum atomic E-state index is 0.704. The molecule has 18 heavy (non-hydrogen) atoms. The summed E-state index contributed by atoms with van der Waals surface area (Å²) in [6.07, 6.45) is 11.0. The van der Waals surface area contributed by atoms with E-state index in [0.717, 1.165) is 25.0 Å². The highest BCUT2D eigenvalue weighted by atomic mass is 16.5. The number of rotatable bonds is 9. The van der Waals surface area contributed by atoms with Crippen molar-refractivity contribution in [2.75, 3.05) is 20.3 Å². The van der Waals surface area contributed by atoms with Crippen molar-refractivity contribution in [1.82, 2.24) is 5.32 Å². The number of unbranched alkanes of at least 4 members (excludes halogenated alkanes) is 5. The van der Waals surface area contributed by atoms with Gasteiger partial charge < -0.3 is 10.1 Å². The summed E-state index contributed by atoms with van der Waals surface area (Å²) in [6, 6.07) is 0.704. The molecule has 1 aliphatic heterocycles. The molecule has 0 aromatic carbocycles. The topological polar surface area (TPSA) is 21.3 Å². The van der Waals surface area contributed by atoms with Crippen molar-refractivity contribution in [3.05, 3.63) is 0 Å². The predicted octanol–water partition coefficient (Wildman–Crippen LogP) is 4.00. The van der Waals surface area contributed by atoms with Crippen LogP contribution in [0.1, 0.15) is 65.2 Å². The molecule has 0 aliphatic carbocycles. The standard InChI is InChI=1S/C16H33NO/c1-4-5-6-7-8-9-10-16(17-3)15-11-12-18-13-14(15)2/h14-17H,4-13H2,1-3H3. The maximum Gasteiger partial charge on any atom is 0.0494 e. The molecule has 1 heterocycles. The molecule has 1 rings (SSSR count). The lowest BCUT2D eigenvalue weighted by atomic mass is 9.81. The van der Waals surface area contributed by atoms with Gasteiger partial charge in [-0.1, -0.05) is 52.4 Å². The Labute approximate surface area is 114 Å². The summed E-state index contributed by atoms with van der Waals surface area (Å²) in [7, 11) is 2.13. The molecule has 0 aromatic rings. The quantitative estimate of drug-likeness (QED) is 0.629. The van der Waals surface area contributed by atoms with Crippen LogP contribution in [0.25, 0.3) is 0 Å². The highest BCUT2D eigenvalue weighted by Gasteiger charge is 2.28. The summed E-state index contributed by atoms with van der Waals surface area (Å²) < 4.78 is 5.55. The molecule has 3 atom stereocenters. The van der Waals surface area contributed by atoms with Crippen molar-refractivity contribution in [2.24, 2.45) is 11.8 Å². The normalized spacial score (nSPS) is 26.2. The van der Waals surface area contributed by atoms with E-state index in [2.05, 4.69) is 26.2 Å². The predicted molar refractivity (Wildman–Crippen MR) is 78.9 cm³/mol. The highest BCUT2D eigenvalue weighted by molar-refractivity contribution is 4.81. The van der Waals surface area contributed by atoms with Gasteiger partial charge in [-0.25, -0.2) is 0 Å². The van der Waals surface area contributed by atoms with E-state index in [1.165, 1.54) is 51.4 Å². The fraction of sp³-hybridized carbons (Fsp3) is 1.00. The molecule has 2 nitrogen and oxygen atoms in total. The van der Waals surface area contributed by atoms with E-state index in [-0.39, 0.29) is 0 Å². The molecule has 0 bridgehead atoms. The smallest absolute Gasteiger partial charge is 0.0494 e. The molecule has 1 N–H and O–H groups in total. The zero-order valence-electron chi connectivity index (χ0n) is 12.7. The third kappa shape index (κ3) is 5.71. The number of nitrogens with one attached hydrogen (secondary N) is 1. The zero-order chi connectivity index (χ0) is 13.2. The second-order valence-electron chi connectivity index (χ2n) is 5.96. The molecule has 0 saturated carbocycles. The van der Waals surface area contributed by atoms with Gasteiger partial charge in [-0.15, -0.1) is 0 Å². The minimum absolute atomic E-state index is 0.704. The maximum absolute atomic E-state index is 5.55. The van der Waals surface area contributed by atoms with Gasteiger partial charge in [0.1, 0.15) is 0 Å². The second-order valence-corrected chi connectivity index (χ2v) is 5.96. The Hall–Kier alpha value is -0.0800. The summed E-state index contributed by atoms with van der Waals surface area (Å²) >= 11 is 0. The Morgan fingerprint density at radius 3 is 2.56 bits per heavy atom. The lowest BCUT2D eigenvalue weighted by Crippen LogP contribution is -2.41. The van der Waals surface area contributed by atoms with Gasteiger partial charge in [-0.2, -0.15) is 0 Å². The average Bonchev–Trinajstić information content (AvgIpc) is 2.39. The molecular weight excluding hydrogens is 222 g/mol. The molecule has 0 amide bonds. The van der Waals surface area contributed by atoms with Crippen LogP contribution in [0.15, 0.2) is 0 Å². The van der Waals surface area contributed by atoms with Gasteiger partial charge in [0.2, 0.25) is 0 Å². The summed E-state index contributed by atoms with van der Waals surface area (Å²) in [5.74, 6) is 1.54. The Morgan fingerprint density at radius 2 is 1.89 bits per heavy atom. The van der Waals surface area contributed by atoms with Crippen LogP contribution in [0.4, 0.5) is 0 Å². The van der Waals surface area contributed by atoms with Crippen LogP contribution >= 0.6 is 0 Å². The molecular formula is C16H33NO. The van der Waals surface area contributed by atoms with Gasteiger partial charge in [0.05, 0.1) is 0 Å². The van der Waals surface area contributed by atoms with Gasteiger partial charge in [0.15, 0.2) is 0 Å². The molecule has 2 heteroatoms. The maximum atomic E-state index is 5.55. The molecule has 0 radical (unpaired) electrons. The number of ether oxygens (including phenoxy) is 1. The van der Waals surface area contributed by atoms with Crippen LogP contribution < -0.4 is 5.32 Å². The van der Waals surface area contributed by atoms with Gasteiger partial charge in [-0.3, -0.25) is 0 Å². The zero-order valence-corrected chi connectivity index (χ0v) is 12.7. The molecule has 1 aliphatic rings. The summed E-state index contributed by atoms with van der Waals surface area (Å²) in [5, 5.41) is 3.55. The van der Waals surface area contributed by atoms with Crippen LogP contribution in [-0.4, -0.2) is 26.3 Å². The van der Waals surface area contributed by atoms with Gasteiger partial charge in [0, 0.05) is 19.3 Å². The summed E-state index contributed by atoms with van der Waals surface area (Å²) in [5.41, 5.74) is 0. The second kappa shape index (κ2) is 9.80. The van der Waals surface area contributed by atoms with Crippen LogP contribution in [0.2, 0.25) is 0 Å². The lowest BCUT2D eigenvalue weighted by molar-refractivity contribution is 0.0105. The molecule has 0 aromatic heterocycles. The van der Waals surface area contributed by atoms with E-state index < -0.39 is 0 Å². The number of hydrogen-bond acceptors (Lipinski definition) is 2. The SMILES string of the molecule is CCCCCCCCC(NC)C1CCOCC1C. The average molecular weight is 255 g/mol. The Bertz CT molecular complexity index is 196. The van der Waals surface area contributed by atoms with Crippen LogP contribution in [0, 0.1) is 11.8 Å². The summed E-state index contributed by atoms with van der Waals surface area (Å²) in [6.45, 7) is 6.54. The van der Waals surface area contributed by atoms with E-state index in [4.69, 9.17) is 4.74 Å². The monoisotopic (exact) mass is 255 g/mol. The van der Waals surface area contributed by atoms with E-state index in [0.29, 0.717) is 6.04 Å². The van der Waals surface area contributed by atoms with Crippen molar-refractivity contribution in [3.8, 4) is 0 Å². The van der Waals surface area contributed by atoms with E-state index in [9.17, 15) is 0 Å². The first-order chi connectivity index (χ1) is 8.79. The first kappa shape index (κ1) is 16.0. The third-order valence-corrected chi connectivity index (χ3v) is 4.46. The van der Waals surface area contributed by atoms with Gasteiger partial charge >= 0.3 is 0 Å². The Kier molecular flexibility index (Phi) is 8.70. The van der Waals surface area contributed by atoms with Crippen molar-refractivity contribution >= 4 is 0 Å². The van der Waals surface area contributed by atoms with Crippen molar-refractivity contribution < 1.29 is 4.74 Å².